The molecule has 1 heterocycles. The van der Waals surface area contributed by atoms with Crippen molar-refractivity contribution in [2.45, 2.75) is 24.4 Å². The molecule has 96 valence electrons. The first-order valence-corrected chi connectivity index (χ1v) is 5.86. The number of alkyl halides is 3. The van der Waals surface area contributed by atoms with E-state index in [0.717, 1.165) is 11.8 Å². The summed E-state index contributed by atoms with van der Waals surface area (Å²) in [5, 5.41) is 9.16. The maximum absolute atomic E-state index is 12.6. The van der Waals surface area contributed by atoms with Gasteiger partial charge in [0.1, 0.15) is 12.2 Å². The lowest BCUT2D eigenvalue weighted by molar-refractivity contribution is -0.139. The van der Waals surface area contributed by atoms with Crippen LogP contribution in [0.5, 0.6) is 5.88 Å². The standard InChI is InChI=1S/C9H11F3N2O2S/c1-5(15)4-16-7-6(9(10,11)12)3-13-8(14-7)17-2/h3,5,15H,4H2,1-2H3/t5-/m1/s1. The number of hydrogen-bond acceptors (Lipinski definition) is 5. The molecule has 0 bridgehead atoms. The average molecular weight is 268 g/mol. The van der Waals surface area contributed by atoms with Gasteiger partial charge >= 0.3 is 6.18 Å². The van der Waals surface area contributed by atoms with Crippen molar-refractivity contribution in [2.24, 2.45) is 0 Å². The minimum Gasteiger partial charge on any atom is -0.474 e. The van der Waals surface area contributed by atoms with Crippen molar-refractivity contribution in [3.8, 4) is 5.88 Å². The van der Waals surface area contributed by atoms with Crippen LogP contribution >= 0.6 is 11.8 Å². The van der Waals surface area contributed by atoms with Crippen LogP contribution in [0.3, 0.4) is 0 Å². The number of aromatic nitrogens is 2. The Hall–Kier alpha value is -1.02. The highest BCUT2D eigenvalue weighted by molar-refractivity contribution is 7.98. The van der Waals surface area contributed by atoms with E-state index >= 15 is 0 Å². The van der Waals surface area contributed by atoms with Crippen LogP contribution in [0, 0.1) is 0 Å². The summed E-state index contributed by atoms with van der Waals surface area (Å²) in [6.45, 7) is 1.15. The fourth-order valence-corrected chi connectivity index (χ4v) is 1.29. The lowest BCUT2D eigenvalue weighted by Gasteiger charge is -2.13. The number of rotatable bonds is 4. The third-order valence-electron chi connectivity index (χ3n) is 1.68. The first-order valence-electron chi connectivity index (χ1n) is 4.63. The van der Waals surface area contributed by atoms with Crippen molar-refractivity contribution in [1.29, 1.82) is 0 Å². The fraction of sp³-hybridized carbons (Fsp3) is 0.556. The molecule has 1 aromatic heterocycles. The summed E-state index contributed by atoms with van der Waals surface area (Å²) in [6.07, 6.45) is -3.13. The molecule has 0 saturated heterocycles. The highest BCUT2D eigenvalue weighted by Crippen LogP contribution is 2.35. The molecule has 0 saturated carbocycles. The number of nitrogens with zero attached hydrogens (tertiary/aromatic N) is 2. The molecule has 0 aromatic carbocycles. The molecule has 0 amide bonds. The SMILES string of the molecule is CSc1ncc(C(F)(F)F)c(OC[C@@H](C)O)n1. The quantitative estimate of drug-likeness (QED) is 0.668. The second kappa shape index (κ2) is 5.54. The molecular formula is C9H11F3N2O2S. The van der Waals surface area contributed by atoms with Crippen LogP contribution in [0.1, 0.15) is 12.5 Å². The van der Waals surface area contributed by atoms with E-state index in [0.29, 0.717) is 6.20 Å². The maximum Gasteiger partial charge on any atom is 0.423 e. The Morgan fingerprint density at radius 1 is 1.53 bits per heavy atom. The zero-order valence-corrected chi connectivity index (χ0v) is 9.97. The van der Waals surface area contributed by atoms with Gasteiger partial charge in [-0.25, -0.2) is 4.98 Å². The van der Waals surface area contributed by atoms with Crippen LogP contribution in [0.25, 0.3) is 0 Å². The number of aliphatic hydroxyl groups excluding tert-OH is 1. The fourth-order valence-electron chi connectivity index (χ4n) is 0.953. The molecule has 1 aromatic rings. The van der Waals surface area contributed by atoms with Gasteiger partial charge in [-0.3, -0.25) is 0 Å². The van der Waals surface area contributed by atoms with Gasteiger partial charge in [0.15, 0.2) is 5.16 Å². The predicted octanol–water partition coefficient (Wildman–Crippen LogP) is 1.98. The van der Waals surface area contributed by atoms with Crippen LogP contribution in [-0.4, -0.2) is 34.0 Å². The van der Waals surface area contributed by atoms with Gasteiger partial charge < -0.3 is 9.84 Å². The summed E-state index contributed by atoms with van der Waals surface area (Å²) < 4.78 is 42.6. The van der Waals surface area contributed by atoms with E-state index < -0.39 is 23.7 Å². The van der Waals surface area contributed by atoms with E-state index in [4.69, 9.17) is 9.84 Å². The molecule has 1 N–H and O–H groups in total. The highest BCUT2D eigenvalue weighted by atomic mass is 32.2. The Morgan fingerprint density at radius 2 is 2.18 bits per heavy atom. The normalized spacial score (nSPS) is 13.5. The average Bonchev–Trinajstić information content (AvgIpc) is 2.24. The number of ether oxygens (including phenoxy) is 1. The number of aliphatic hydroxyl groups is 1. The second-order valence-corrected chi connectivity index (χ2v) is 4.01. The molecule has 0 radical (unpaired) electrons. The Kier molecular flexibility index (Phi) is 4.58. The Bertz CT molecular complexity index is 385. The summed E-state index contributed by atoms with van der Waals surface area (Å²) in [5.41, 5.74) is -1.05. The van der Waals surface area contributed by atoms with Gasteiger partial charge in [0, 0.05) is 6.20 Å². The van der Waals surface area contributed by atoms with Gasteiger partial charge in [-0.2, -0.15) is 18.2 Å². The molecule has 8 heteroatoms. The summed E-state index contributed by atoms with van der Waals surface area (Å²) in [4.78, 5) is 7.17. The Morgan fingerprint density at radius 3 is 2.65 bits per heavy atom. The second-order valence-electron chi connectivity index (χ2n) is 3.23. The number of hydrogen-bond donors (Lipinski definition) is 1. The molecule has 4 nitrogen and oxygen atoms in total. The number of halogens is 3. The van der Waals surface area contributed by atoms with Crippen molar-refractivity contribution < 1.29 is 23.0 Å². The van der Waals surface area contributed by atoms with Crippen molar-refractivity contribution in [3.05, 3.63) is 11.8 Å². The summed E-state index contributed by atoms with van der Waals surface area (Å²) in [7, 11) is 0. The van der Waals surface area contributed by atoms with E-state index in [1.807, 2.05) is 0 Å². The summed E-state index contributed by atoms with van der Waals surface area (Å²) >= 11 is 1.10. The van der Waals surface area contributed by atoms with E-state index in [1.165, 1.54) is 6.92 Å². The smallest absolute Gasteiger partial charge is 0.423 e. The van der Waals surface area contributed by atoms with Crippen LogP contribution in [-0.2, 0) is 6.18 Å². The molecule has 17 heavy (non-hydrogen) atoms. The minimum atomic E-state index is -4.58. The molecule has 0 fully saturated rings. The molecule has 0 spiro atoms. The van der Waals surface area contributed by atoms with Gasteiger partial charge in [-0.15, -0.1) is 0 Å². The maximum atomic E-state index is 12.6. The molecule has 0 unspecified atom stereocenters. The largest absolute Gasteiger partial charge is 0.474 e. The first-order chi connectivity index (χ1) is 7.84. The zero-order chi connectivity index (χ0) is 13.1. The van der Waals surface area contributed by atoms with E-state index in [9.17, 15) is 13.2 Å². The van der Waals surface area contributed by atoms with Crippen LogP contribution < -0.4 is 4.74 Å². The first kappa shape index (κ1) is 14.0. The topological polar surface area (TPSA) is 55.2 Å². The third-order valence-corrected chi connectivity index (χ3v) is 2.24. The molecule has 0 aliphatic rings. The van der Waals surface area contributed by atoms with Crippen molar-refractivity contribution >= 4 is 11.8 Å². The lowest BCUT2D eigenvalue weighted by atomic mass is 10.3. The van der Waals surface area contributed by atoms with Gasteiger partial charge in [-0.05, 0) is 13.2 Å². The van der Waals surface area contributed by atoms with E-state index in [2.05, 4.69) is 9.97 Å². The summed E-state index contributed by atoms with van der Waals surface area (Å²) in [5.74, 6) is -0.558. The zero-order valence-electron chi connectivity index (χ0n) is 9.15. The molecule has 1 atom stereocenters. The van der Waals surface area contributed by atoms with Gasteiger partial charge in [-0.1, -0.05) is 11.8 Å². The van der Waals surface area contributed by atoms with E-state index in [1.54, 1.807) is 6.26 Å². The predicted molar refractivity (Wildman–Crippen MR) is 56.0 cm³/mol. The molecule has 0 aliphatic carbocycles. The van der Waals surface area contributed by atoms with E-state index in [-0.39, 0.29) is 11.8 Å². The van der Waals surface area contributed by atoms with Crippen LogP contribution in [0.4, 0.5) is 13.2 Å². The molecule has 1 rings (SSSR count). The van der Waals surface area contributed by atoms with Crippen LogP contribution in [0.15, 0.2) is 11.4 Å². The summed E-state index contributed by atoms with van der Waals surface area (Å²) in [6, 6.07) is 0. The highest BCUT2D eigenvalue weighted by Gasteiger charge is 2.36. The van der Waals surface area contributed by atoms with Crippen molar-refractivity contribution in [3.63, 3.8) is 0 Å². The van der Waals surface area contributed by atoms with Crippen molar-refractivity contribution in [2.75, 3.05) is 12.9 Å². The van der Waals surface area contributed by atoms with Crippen LogP contribution in [0.2, 0.25) is 0 Å². The Balaban J connectivity index is 3.03. The van der Waals surface area contributed by atoms with Gasteiger partial charge in [0.25, 0.3) is 0 Å². The lowest BCUT2D eigenvalue weighted by Crippen LogP contribution is -2.17. The molecule has 0 aliphatic heterocycles. The van der Waals surface area contributed by atoms with Crippen molar-refractivity contribution in [1.82, 2.24) is 9.97 Å². The van der Waals surface area contributed by atoms with Gasteiger partial charge in [0.2, 0.25) is 5.88 Å². The Labute approximate surface area is 100 Å². The monoisotopic (exact) mass is 268 g/mol. The minimum absolute atomic E-state index is 0.179. The number of thioether (sulfide) groups is 1. The van der Waals surface area contributed by atoms with Gasteiger partial charge in [0.05, 0.1) is 6.10 Å². The molecular weight excluding hydrogens is 257 g/mol. The third kappa shape index (κ3) is 4.04.